The summed E-state index contributed by atoms with van der Waals surface area (Å²) in [4.78, 5) is 19.5. The standard InChI is InChI=1S/C15H12ClN3OS/c16-15-11-3-1-2-4-12(11)21-13(15)5-6-14(20)18-8-10-7-17-9-19-10/h1-7,9H,8H2,(H,17,19)(H,18,20)/b6-5+. The molecule has 0 saturated heterocycles. The number of aromatic amines is 1. The number of carbonyl (C=O) groups excluding carboxylic acids is 1. The van der Waals surface area contributed by atoms with Crippen molar-refractivity contribution in [3.05, 3.63) is 58.5 Å². The first-order chi connectivity index (χ1) is 10.2. The number of carbonyl (C=O) groups is 1. The molecule has 0 bridgehead atoms. The first kappa shape index (κ1) is 13.9. The second kappa shape index (κ2) is 6.11. The molecule has 0 fully saturated rings. The van der Waals surface area contributed by atoms with E-state index in [1.807, 2.05) is 24.3 Å². The van der Waals surface area contributed by atoms with E-state index in [4.69, 9.17) is 11.6 Å². The van der Waals surface area contributed by atoms with Gasteiger partial charge in [0.15, 0.2) is 0 Å². The predicted octanol–water partition coefficient (Wildman–Crippen LogP) is 3.61. The Balaban J connectivity index is 1.69. The number of rotatable bonds is 4. The van der Waals surface area contributed by atoms with Gasteiger partial charge in [0.1, 0.15) is 0 Å². The average molecular weight is 318 g/mol. The van der Waals surface area contributed by atoms with Gasteiger partial charge in [-0.05, 0) is 12.1 Å². The van der Waals surface area contributed by atoms with Gasteiger partial charge in [-0.25, -0.2) is 4.98 Å². The number of hydrogen-bond acceptors (Lipinski definition) is 3. The van der Waals surface area contributed by atoms with Crippen LogP contribution in [0.15, 0.2) is 42.9 Å². The molecule has 1 amide bonds. The summed E-state index contributed by atoms with van der Waals surface area (Å²) in [6.45, 7) is 0.420. The number of imidazole rings is 1. The van der Waals surface area contributed by atoms with E-state index in [-0.39, 0.29) is 5.91 Å². The Morgan fingerprint density at radius 3 is 3.05 bits per heavy atom. The van der Waals surface area contributed by atoms with E-state index in [1.54, 1.807) is 29.9 Å². The fraction of sp³-hybridized carbons (Fsp3) is 0.0667. The van der Waals surface area contributed by atoms with Gasteiger partial charge in [0, 0.05) is 27.2 Å². The quantitative estimate of drug-likeness (QED) is 0.722. The Bertz CT molecular complexity index is 792. The van der Waals surface area contributed by atoms with E-state index in [0.717, 1.165) is 20.7 Å². The van der Waals surface area contributed by atoms with Crippen molar-refractivity contribution in [1.82, 2.24) is 15.3 Å². The van der Waals surface area contributed by atoms with Crippen LogP contribution < -0.4 is 5.32 Å². The van der Waals surface area contributed by atoms with E-state index in [0.29, 0.717) is 11.6 Å². The van der Waals surface area contributed by atoms with Gasteiger partial charge in [-0.2, -0.15) is 0 Å². The number of halogens is 1. The number of nitrogens with zero attached hydrogens (tertiary/aromatic N) is 1. The Hall–Kier alpha value is -2.11. The number of thiophene rings is 1. The SMILES string of the molecule is O=C(/C=C/c1sc2ccccc2c1Cl)NCc1cnc[nH]1. The molecule has 0 saturated carbocycles. The van der Waals surface area contributed by atoms with Crippen molar-refractivity contribution >= 4 is 45.0 Å². The van der Waals surface area contributed by atoms with Crippen molar-refractivity contribution in [2.75, 3.05) is 0 Å². The second-order valence-electron chi connectivity index (χ2n) is 4.40. The third kappa shape index (κ3) is 3.15. The van der Waals surface area contributed by atoms with Crippen molar-refractivity contribution in [3.63, 3.8) is 0 Å². The van der Waals surface area contributed by atoms with Gasteiger partial charge in [0.25, 0.3) is 0 Å². The number of hydrogen-bond donors (Lipinski definition) is 2. The molecule has 2 N–H and O–H groups in total. The van der Waals surface area contributed by atoms with Crippen LogP contribution in [0.1, 0.15) is 10.6 Å². The highest BCUT2D eigenvalue weighted by Gasteiger charge is 2.07. The third-order valence-corrected chi connectivity index (χ3v) is 4.61. The second-order valence-corrected chi connectivity index (χ2v) is 5.87. The number of amides is 1. The van der Waals surface area contributed by atoms with Crippen LogP contribution in [0, 0.1) is 0 Å². The zero-order chi connectivity index (χ0) is 14.7. The summed E-state index contributed by atoms with van der Waals surface area (Å²) in [5.41, 5.74) is 0.858. The molecule has 0 atom stereocenters. The van der Waals surface area contributed by atoms with E-state index in [9.17, 15) is 4.79 Å². The van der Waals surface area contributed by atoms with Crippen LogP contribution in [0.3, 0.4) is 0 Å². The first-order valence-corrected chi connectivity index (χ1v) is 7.53. The molecule has 2 heterocycles. The maximum absolute atomic E-state index is 11.8. The minimum Gasteiger partial charge on any atom is -0.347 e. The topological polar surface area (TPSA) is 57.8 Å². The molecule has 0 aliphatic carbocycles. The first-order valence-electron chi connectivity index (χ1n) is 6.34. The fourth-order valence-corrected chi connectivity index (χ4v) is 3.31. The molecule has 4 nitrogen and oxygen atoms in total. The van der Waals surface area contributed by atoms with Gasteiger partial charge >= 0.3 is 0 Å². The maximum atomic E-state index is 11.8. The zero-order valence-electron chi connectivity index (χ0n) is 11.0. The fourth-order valence-electron chi connectivity index (χ4n) is 1.91. The lowest BCUT2D eigenvalue weighted by Gasteiger charge is -1.98. The molecule has 0 radical (unpaired) electrons. The lowest BCUT2D eigenvalue weighted by Crippen LogP contribution is -2.20. The monoisotopic (exact) mass is 317 g/mol. The number of benzene rings is 1. The maximum Gasteiger partial charge on any atom is 0.244 e. The highest BCUT2D eigenvalue weighted by Crippen LogP contribution is 2.35. The highest BCUT2D eigenvalue weighted by atomic mass is 35.5. The minimum atomic E-state index is -0.168. The molecule has 0 unspecified atom stereocenters. The number of H-pyrrole nitrogens is 1. The molecular weight excluding hydrogens is 306 g/mol. The van der Waals surface area contributed by atoms with Crippen LogP contribution >= 0.6 is 22.9 Å². The van der Waals surface area contributed by atoms with Crippen molar-refractivity contribution in [2.24, 2.45) is 0 Å². The molecule has 106 valence electrons. The summed E-state index contributed by atoms with van der Waals surface area (Å²) in [7, 11) is 0. The summed E-state index contributed by atoms with van der Waals surface area (Å²) in [5, 5.41) is 4.48. The Kier molecular flexibility index (Phi) is 4.03. The minimum absolute atomic E-state index is 0.168. The van der Waals surface area contributed by atoms with Crippen LogP contribution in [0.4, 0.5) is 0 Å². The van der Waals surface area contributed by atoms with Crippen molar-refractivity contribution in [3.8, 4) is 0 Å². The Labute approximate surface area is 130 Å². The van der Waals surface area contributed by atoms with Gasteiger partial charge in [0.2, 0.25) is 5.91 Å². The molecule has 6 heteroatoms. The van der Waals surface area contributed by atoms with E-state index >= 15 is 0 Å². The van der Waals surface area contributed by atoms with Crippen molar-refractivity contribution < 1.29 is 4.79 Å². The van der Waals surface area contributed by atoms with Crippen molar-refractivity contribution in [2.45, 2.75) is 6.54 Å². The molecule has 0 spiro atoms. The predicted molar refractivity (Wildman–Crippen MR) is 86.3 cm³/mol. The Morgan fingerprint density at radius 1 is 1.43 bits per heavy atom. The lowest BCUT2D eigenvalue weighted by molar-refractivity contribution is -0.116. The largest absolute Gasteiger partial charge is 0.347 e. The zero-order valence-corrected chi connectivity index (χ0v) is 12.5. The summed E-state index contributed by atoms with van der Waals surface area (Å²) >= 11 is 7.88. The number of fused-ring (bicyclic) bond motifs is 1. The van der Waals surface area contributed by atoms with Gasteiger partial charge < -0.3 is 10.3 Å². The molecule has 2 aromatic heterocycles. The molecule has 0 aliphatic heterocycles. The molecule has 3 rings (SSSR count). The van der Waals surface area contributed by atoms with Crippen LogP contribution in [0.25, 0.3) is 16.2 Å². The summed E-state index contributed by atoms with van der Waals surface area (Å²) in [5.74, 6) is -0.168. The molecule has 0 aliphatic rings. The molecular formula is C15H12ClN3OS. The third-order valence-electron chi connectivity index (χ3n) is 2.95. The Morgan fingerprint density at radius 2 is 2.29 bits per heavy atom. The average Bonchev–Trinajstić information content (AvgIpc) is 3.12. The van der Waals surface area contributed by atoms with Gasteiger partial charge in [0.05, 0.1) is 23.6 Å². The number of nitrogens with one attached hydrogen (secondary N) is 2. The molecule has 1 aromatic carbocycles. The lowest BCUT2D eigenvalue weighted by atomic mass is 10.2. The van der Waals surface area contributed by atoms with Gasteiger partial charge in [-0.15, -0.1) is 11.3 Å². The number of aromatic nitrogens is 2. The van der Waals surface area contributed by atoms with Crippen LogP contribution in [0.2, 0.25) is 5.02 Å². The van der Waals surface area contributed by atoms with Crippen molar-refractivity contribution in [1.29, 1.82) is 0 Å². The van der Waals surface area contributed by atoms with Gasteiger partial charge in [-0.1, -0.05) is 29.8 Å². The van der Waals surface area contributed by atoms with Crippen LogP contribution in [-0.2, 0) is 11.3 Å². The molecule has 3 aromatic rings. The van der Waals surface area contributed by atoms with Gasteiger partial charge in [-0.3, -0.25) is 4.79 Å². The van der Waals surface area contributed by atoms with E-state index in [1.165, 1.54) is 6.08 Å². The summed E-state index contributed by atoms with van der Waals surface area (Å²) in [6, 6.07) is 7.91. The summed E-state index contributed by atoms with van der Waals surface area (Å²) < 4.78 is 1.11. The smallest absolute Gasteiger partial charge is 0.244 e. The normalized spacial score (nSPS) is 11.3. The summed E-state index contributed by atoms with van der Waals surface area (Å²) in [6.07, 6.45) is 6.49. The molecule has 21 heavy (non-hydrogen) atoms. The van der Waals surface area contributed by atoms with Crippen LogP contribution in [0.5, 0.6) is 0 Å². The highest BCUT2D eigenvalue weighted by molar-refractivity contribution is 7.20. The van der Waals surface area contributed by atoms with E-state index < -0.39 is 0 Å². The van der Waals surface area contributed by atoms with Crippen LogP contribution in [-0.4, -0.2) is 15.9 Å². The van der Waals surface area contributed by atoms with E-state index in [2.05, 4.69) is 15.3 Å².